The molecular weight excluding hydrogens is 454 g/mol. The zero-order chi connectivity index (χ0) is 23.8. The standard InChI is InChI=1S/C25H22ClN5O3/c1-15(28-23-19(25(33)34)8-5-9-27-23)20-10-18(26)14-31-22(32)11-21(29-24(20)31)30-12-17(13-30)16-6-3-2-4-7-16/h2-11,14-15,17H,12-13H2,1H3,(H,27,28)(H,33,34)/t15-/m1/s1. The van der Waals surface area contributed by atoms with Crippen LogP contribution in [0.15, 0.2) is 71.8 Å². The third-order valence-electron chi connectivity index (χ3n) is 6.08. The second kappa shape index (κ2) is 8.79. The van der Waals surface area contributed by atoms with Gasteiger partial charge in [0.2, 0.25) is 0 Å². The number of fused-ring (bicyclic) bond motifs is 1. The van der Waals surface area contributed by atoms with E-state index in [0.29, 0.717) is 28.0 Å². The summed E-state index contributed by atoms with van der Waals surface area (Å²) >= 11 is 6.32. The first-order chi connectivity index (χ1) is 16.4. The van der Waals surface area contributed by atoms with E-state index in [9.17, 15) is 14.7 Å². The monoisotopic (exact) mass is 475 g/mol. The van der Waals surface area contributed by atoms with Crippen molar-refractivity contribution in [3.63, 3.8) is 0 Å². The predicted octanol–water partition coefficient (Wildman–Crippen LogP) is 4.22. The Balaban J connectivity index is 1.48. The van der Waals surface area contributed by atoms with Crippen molar-refractivity contribution >= 4 is 34.9 Å². The summed E-state index contributed by atoms with van der Waals surface area (Å²) in [4.78, 5) is 35.6. The van der Waals surface area contributed by atoms with Crippen LogP contribution in [0.4, 0.5) is 11.6 Å². The number of carbonyl (C=O) groups is 1. The van der Waals surface area contributed by atoms with Gasteiger partial charge in [-0.25, -0.2) is 14.8 Å². The van der Waals surface area contributed by atoms with Gasteiger partial charge in [-0.05, 0) is 30.7 Å². The van der Waals surface area contributed by atoms with E-state index in [1.165, 1.54) is 28.3 Å². The van der Waals surface area contributed by atoms with Gasteiger partial charge >= 0.3 is 5.97 Å². The molecule has 0 amide bonds. The molecule has 1 atom stereocenters. The molecule has 0 bridgehead atoms. The average molecular weight is 476 g/mol. The number of hydrogen-bond donors (Lipinski definition) is 2. The smallest absolute Gasteiger partial charge is 0.339 e. The molecule has 5 rings (SSSR count). The summed E-state index contributed by atoms with van der Waals surface area (Å²) in [6.07, 6.45) is 3.06. The third kappa shape index (κ3) is 4.08. The van der Waals surface area contributed by atoms with Gasteiger partial charge < -0.3 is 15.3 Å². The fraction of sp³-hybridized carbons (Fsp3) is 0.200. The van der Waals surface area contributed by atoms with Crippen LogP contribution in [-0.4, -0.2) is 38.5 Å². The lowest BCUT2D eigenvalue weighted by molar-refractivity contribution is 0.0697. The van der Waals surface area contributed by atoms with E-state index < -0.39 is 12.0 Å². The van der Waals surface area contributed by atoms with E-state index in [4.69, 9.17) is 16.6 Å². The number of carboxylic acid groups (broad SMARTS) is 1. The Hall–Kier alpha value is -3.91. The van der Waals surface area contributed by atoms with Crippen molar-refractivity contribution in [3.8, 4) is 0 Å². The number of benzene rings is 1. The molecule has 4 aromatic rings. The molecule has 0 radical (unpaired) electrons. The Morgan fingerprint density at radius 3 is 2.68 bits per heavy atom. The topological polar surface area (TPSA) is 99.8 Å². The number of nitrogens with zero attached hydrogens (tertiary/aromatic N) is 4. The summed E-state index contributed by atoms with van der Waals surface area (Å²) in [5.74, 6) is 0.149. The molecule has 3 aromatic heterocycles. The first kappa shape index (κ1) is 21.9. The second-order valence-corrected chi connectivity index (χ2v) is 8.78. The average Bonchev–Trinajstić information content (AvgIpc) is 2.79. The quantitative estimate of drug-likeness (QED) is 0.430. The zero-order valence-electron chi connectivity index (χ0n) is 18.4. The third-order valence-corrected chi connectivity index (χ3v) is 6.28. The molecule has 1 fully saturated rings. The van der Waals surface area contributed by atoms with Gasteiger partial charge in [-0.1, -0.05) is 41.9 Å². The van der Waals surface area contributed by atoms with Crippen LogP contribution < -0.4 is 15.8 Å². The van der Waals surface area contributed by atoms with Crippen LogP contribution in [0.25, 0.3) is 5.65 Å². The van der Waals surface area contributed by atoms with E-state index in [1.807, 2.05) is 25.1 Å². The number of pyridine rings is 2. The molecular formula is C25H22ClN5O3. The molecule has 172 valence electrons. The van der Waals surface area contributed by atoms with Crippen LogP contribution in [0, 0.1) is 0 Å². The van der Waals surface area contributed by atoms with Crippen molar-refractivity contribution in [2.45, 2.75) is 18.9 Å². The molecule has 9 heteroatoms. The number of hydrogen-bond acceptors (Lipinski definition) is 6. The van der Waals surface area contributed by atoms with Crippen molar-refractivity contribution in [2.75, 3.05) is 23.3 Å². The van der Waals surface area contributed by atoms with Crippen molar-refractivity contribution in [3.05, 3.63) is 99.1 Å². The lowest BCUT2D eigenvalue weighted by Gasteiger charge is -2.40. The minimum absolute atomic E-state index is 0.0547. The van der Waals surface area contributed by atoms with Crippen LogP contribution in [0.1, 0.15) is 40.4 Å². The van der Waals surface area contributed by atoms with Gasteiger partial charge in [0, 0.05) is 43.0 Å². The van der Waals surface area contributed by atoms with Gasteiger partial charge in [-0.15, -0.1) is 0 Å². The van der Waals surface area contributed by atoms with Gasteiger partial charge in [0.05, 0.1) is 11.1 Å². The molecule has 2 N–H and O–H groups in total. The van der Waals surface area contributed by atoms with Crippen molar-refractivity contribution in [2.24, 2.45) is 0 Å². The molecule has 8 nitrogen and oxygen atoms in total. The summed E-state index contributed by atoms with van der Waals surface area (Å²) in [6, 6.07) is 16.2. The fourth-order valence-corrected chi connectivity index (χ4v) is 4.45. The number of halogens is 1. The Morgan fingerprint density at radius 2 is 1.94 bits per heavy atom. The van der Waals surface area contributed by atoms with E-state index in [1.54, 1.807) is 18.3 Å². The van der Waals surface area contributed by atoms with Crippen molar-refractivity contribution in [1.29, 1.82) is 0 Å². The highest BCUT2D eigenvalue weighted by atomic mass is 35.5. The summed E-state index contributed by atoms with van der Waals surface area (Å²) in [5.41, 5.74) is 2.21. The van der Waals surface area contributed by atoms with Crippen LogP contribution in [0.2, 0.25) is 5.02 Å². The van der Waals surface area contributed by atoms with Gasteiger partial charge in [0.25, 0.3) is 5.56 Å². The first-order valence-corrected chi connectivity index (χ1v) is 11.3. The van der Waals surface area contributed by atoms with Gasteiger partial charge in [-0.3, -0.25) is 9.20 Å². The minimum atomic E-state index is -1.08. The van der Waals surface area contributed by atoms with Crippen LogP contribution >= 0.6 is 11.6 Å². The summed E-state index contributed by atoms with van der Waals surface area (Å²) in [5, 5.41) is 13.0. The normalized spacial score (nSPS) is 14.6. The van der Waals surface area contributed by atoms with Crippen LogP contribution in [0.3, 0.4) is 0 Å². The predicted molar refractivity (Wildman–Crippen MR) is 131 cm³/mol. The van der Waals surface area contributed by atoms with Crippen molar-refractivity contribution < 1.29 is 9.90 Å². The van der Waals surface area contributed by atoms with E-state index >= 15 is 0 Å². The molecule has 4 heterocycles. The minimum Gasteiger partial charge on any atom is -0.478 e. The maximum atomic E-state index is 13.0. The van der Waals surface area contributed by atoms with Crippen LogP contribution in [-0.2, 0) is 0 Å². The Morgan fingerprint density at radius 1 is 1.18 bits per heavy atom. The summed E-state index contributed by atoms with van der Waals surface area (Å²) in [7, 11) is 0. The fourth-order valence-electron chi connectivity index (χ4n) is 4.24. The maximum Gasteiger partial charge on any atom is 0.339 e. The number of nitrogens with one attached hydrogen (secondary N) is 1. The number of aromatic nitrogens is 3. The maximum absolute atomic E-state index is 13.0. The summed E-state index contributed by atoms with van der Waals surface area (Å²) < 4.78 is 1.42. The Labute approximate surface area is 200 Å². The summed E-state index contributed by atoms with van der Waals surface area (Å²) in [6.45, 7) is 3.40. The Bertz CT molecular complexity index is 1430. The second-order valence-electron chi connectivity index (χ2n) is 8.34. The Kier molecular flexibility index (Phi) is 5.67. The highest BCUT2D eigenvalue weighted by Gasteiger charge is 2.30. The van der Waals surface area contributed by atoms with Gasteiger partial charge in [0.1, 0.15) is 22.8 Å². The molecule has 1 aliphatic rings. The van der Waals surface area contributed by atoms with Crippen LogP contribution in [0.5, 0.6) is 0 Å². The van der Waals surface area contributed by atoms with Crippen molar-refractivity contribution in [1.82, 2.24) is 14.4 Å². The lowest BCUT2D eigenvalue weighted by Crippen LogP contribution is -2.46. The number of carboxylic acids is 1. The molecule has 0 spiro atoms. The van der Waals surface area contributed by atoms with Gasteiger partial charge in [0.15, 0.2) is 0 Å². The van der Waals surface area contributed by atoms with E-state index in [0.717, 1.165) is 13.1 Å². The first-order valence-electron chi connectivity index (χ1n) is 10.9. The molecule has 0 saturated carbocycles. The highest BCUT2D eigenvalue weighted by Crippen LogP contribution is 2.31. The largest absolute Gasteiger partial charge is 0.478 e. The van der Waals surface area contributed by atoms with Gasteiger partial charge in [-0.2, -0.15) is 0 Å². The SMILES string of the molecule is C[C@@H](Nc1ncccc1C(=O)O)c1cc(Cl)cn2c(=O)cc(N3CC(c4ccccc4)C3)nc12. The lowest BCUT2D eigenvalue weighted by atomic mass is 9.91. The van der Waals surface area contributed by atoms with E-state index in [2.05, 4.69) is 27.3 Å². The molecule has 1 aliphatic heterocycles. The number of aromatic carboxylic acids is 1. The number of anilines is 2. The molecule has 34 heavy (non-hydrogen) atoms. The highest BCUT2D eigenvalue weighted by molar-refractivity contribution is 6.30. The molecule has 1 aromatic carbocycles. The molecule has 0 unspecified atom stereocenters. The zero-order valence-corrected chi connectivity index (χ0v) is 19.1. The van der Waals surface area contributed by atoms with E-state index in [-0.39, 0.29) is 16.9 Å². The number of rotatable bonds is 6. The molecule has 1 saturated heterocycles. The molecule has 0 aliphatic carbocycles.